The normalized spacial score (nSPS) is 18.8. The van der Waals surface area contributed by atoms with Crippen molar-refractivity contribution in [3.8, 4) is 0 Å². The molecule has 174 valence electrons. The van der Waals surface area contributed by atoms with Gasteiger partial charge in [0, 0.05) is 24.0 Å². The van der Waals surface area contributed by atoms with Gasteiger partial charge in [0.15, 0.2) is 5.78 Å². The smallest absolute Gasteiger partial charge is 0.414 e. The van der Waals surface area contributed by atoms with Gasteiger partial charge in [-0.15, -0.1) is 0 Å². The van der Waals surface area contributed by atoms with Gasteiger partial charge < -0.3 is 15.4 Å². The molecule has 33 heavy (non-hydrogen) atoms. The van der Waals surface area contributed by atoms with Gasteiger partial charge in [0.25, 0.3) is 0 Å². The lowest BCUT2D eigenvalue weighted by Gasteiger charge is -2.27. The molecule has 2 amide bonds. The van der Waals surface area contributed by atoms with Crippen LogP contribution in [0, 0.1) is 5.82 Å². The van der Waals surface area contributed by atoms with Crippen LogP contribution in [0.4, 0.5) is 14.9 Å². The first-order chi connectivity index (χ1) is 16.0. The molecule has 0 spiro atoms. The zero-order valence-electron chi connectivity index (χ0n) is 18.4. The van der Waals surface area contributed by atoms with E-state index in [1.165, 1.54) is 11.0 Å². The number of carbonyl (C=O) groups is 3. The summed E-state index contributed by atoms with van der Waals surface area (Å²) < 4.78 is 20.2. The van der Waals surface area contributed by atoms with Crippen LogP contribution in [-0.2, 0) is 9.53 Å². The average molecular weight is 454 g/mol. The number of Topliss-reactive ketones (excluding diaryl/α,β-unsaturated/α-hetero) is 1. The lowest BCUT2D eigenvalue weighted by Crippen LogP contribution is -2.35. The van der Waals surface area contributed by atoms with Crippen LogP contribution in [0.5, 0.6) is 0 Å². The highest BCUT2D eigenvalue weighted by atomic mass is 19.1. The minimum atomic E-state index is -0.547. The van der Waals surface area contributed by atoms with Crippen LogP contribution >= 0.6 is 0 Å². The average Bonchev–Trinajstić information content (AvgIpc) is 3.22. The summed E-state index contributed by atoms with van der Waals surface area (Å²) in [5, 5.41) is 6.01. The molecule has 2 aliphatic rings. The summed E-state index contributed by atoms with van der Waals surface area (Å²) in [7, 11) is 0. The Hall–Kier alpha value is -3.26. The van der Waals surface area contributed by atoms with Gasteiger partial charge in [-0.05, 0) is 44.0 Å². The SMILES string of the molecule is O=C(CCC(=O)c1ccccc1)NC[C@H]1CN(c2cccc(F)c2C2CCNCC2)C(=O)O1. The second-order valence-electron chi connectivity index (χ2n) is 8.41. The molecule has 2 fully saturated rings. The van der Waals surface area contributed by atoms with Crippen LogP contribution in [0.1, 0.15) is 47.5 Å². The number of rotatable bonds is 8. The van der Waals surface area contributed by atoms with Gasteiger partial charge in [-0.25, -0.2) is 9.18 Å². The number of hydrogen-bond donors (Lipinski definition) is 2. The fourth-order valence-corrected chi connectivity index (χ4v) is 4.41. The zero-order valence-corrected chi connectivity index (χ0v) is 18.4. The van der Waals surface area contributed by atoms with E-state index < -0.39 is 12.2 Å². The van der Waals surface area contributed by atoms with E-state index in [4.69, 9.17) is 4.74 Å². The maximum Gasteiger partial charge on any atom is 0.414 e. The van der Waals surface area contributed by atoms with Crippen molar-refractivity contribution in [3.63, 3.8) is 0 Å². The number of halogens is 1. The molecule has 2 N–H and O–H groups in total. The van der Waals surface area contributed by atoms with E-state index in [0.29, 0.717) is 16.8 Å². The minimum absolute atomic E-state index is 0.0381. The first-order valence-corrected chi connectivity index (χ1v) is 11.3. The van der Waals surface area contributed by atoms with Gasteiger partial charge in [0.05, 0.1) is 18.8 Å². The quantitative estimate of drug-likeness (QED) is 0.599. The molecule has 1 atom stereocenters. The van der Waals surface area contributed by atoms with Crippen LogP contribution in [0.15, 0.2) is 48.5 Å². The molecule has 2 saturated heterocycles. The Morgan fingerprint density at radius 2 is 1.82 bits per heavy atom. The molecule has 4 rings (SSSR count). The van der Waals surface area contributed by atoms with Crippen LogP contribution in [0.2, 0.25) is 0 Å². The number of anilines is 1. The van der Waals surface area contributed by atoms with Crippen molar-refractivity contribution < 1.29 is 23.5 Å². The summed E-state index contributed by atoms with van der Waals surface area (Å²) in [6.07, 6.45) is 0.678. The number of hydrogen-bond acceptors (Lipinski definition) is 5. The molecule has 2 aromatic carbocycles. The van der Waals surface area contributed by atoms with Crippen LogP contribution < -0.4 is 15.5 Å². The van der Waals surface area contributed by atoms with Gasteiger partial charge >= 0.3 is 6.09 Å². The zero-order chi connectivity index (χ0) is 23.2. The summed E-state index contributed by atoms with van der Waals surface area (Å²) in [5.41, 5.74) is 1.67. The monoisotopic (exact) mass is 453 g/mol. The van der Waals surface area contributed by atoms with E-state index in [2.05, 4.69) is 10.6 Å². The number of nitrogens with zero attached hydrogens (tertiary/aromatic N) is 1. The molecule has 7 nitrogen and oxygen atoms in total. The highest BCUT2D eigenvalue weighted by Gasteiger charge is 2.35. The van der Waals surface area contributed by atoms with Crippen molar-refractivity contribution in [2.45, 2.75) is 37.7 Å². The number of piperidine rings is 1. The topological polar surface area (TPSA) is 87.7 Å². The summed E-state index contributed by atoms with van der Waals surface area (Å²) in [4.78, 5) is 38.4. The molecule has 0 aromatic heterocycles. The van der Waals surface area contributed by atoms with Crippen molar-refractivity contribution in [2.24, 2.45) is 0 Å². The summed E-state index contributed by atoms with van der Waals surface area (Å²) >= 11 is 0. The number of cyclic esters (lactones) is 1. The molecule has 0 aliphatic carbocycles. The van der Waals surface area contributed by atoms with E-state index in [9.17, 15) is 18.8 Å². The number of amides is 2. The van der Waals surface area contributed by atoms with Gasteiger partial charge in [-0.2, -0.15) is 0 Å². The largest absolute Gasteiger partial charge is 0.442 e. The molecule has 2 heterocycles. The Morgan fingerprint density at radius 3 is 2.58 bits per heavy atom. The van der Waals surface area contributed by atoms with Gasteiger partial charge in [-0.3, -0.25) is 14.5 Å². The van der Waals surface area contributed by atoms with Crippen molar-refractivity contribution in [1.82, 2.24) is 10.6 Å². The highest BCUT2D eigenvalue weighted by Crippen LogP contribution is 2.36. The molecule has 0 unspecified atom stereocenters. The maximum atomic E-state index is 14.8. The Labute approximate surface area is 192 Å². The number of ketones is 1. The first-order valence-electron chi connectivity index (χ1n) is 11.3. The van der Waals surface area contributed by atoms with E-state index >= 15 is 0 Å². The molecular weight excluding hydrogens is 425 g/mol. The standard InChI is InChI=1S/C25H28FN3O4/c26-20-7-4-8-21(24(20)18-11-13-27-14-12-18)29-16-19(33-25(29)32)15-28-23(31)10-9-22(30)17-5-2-1-3-6-17/h1-8,18-19,27H,9-16H2,(H,28,31)/t19-/m0/s1. The lowest BCUT2D eigenvalue weighted by atomic mass is 9.88. The summed E-state index contributed by atoms with van der Waals surface area (Å²) in [6, 6.07) is 13.6. The predicted octanol–water partition coefficient (Wildman–Crippen LogP) is 3.40. The van der Waals surface area contributed by atoms with Crippen molar-refractivity contribution in [3.05, 3.63) is 65.5 Å². The third kappa shape index (κ3) is 5.57. The summed E-state index contributed by atoms with van der Waals surface area (Å²) in [6.45, 7) is 1.98. The van der Waals surface area contributed by atoms with Crippen LogP contribution in [-0.4, -0.2) is 50.1 Å². The van der Waals surface area contributed by atoms with E-state index in [1.807, 2.05) is 6.07 Å². The molecule has 0 bridgehead atoms. The first kappa shape index (κ1) is 22.9. The molecule has 8 heteroatoms. The highest BCUT2D eigenvalue weighted by molar-refractivity contribution is 5.98. The van der Waals surface area contributed by atoms with Crippen LogP contribution in [0.3, 0.4) is 0 Å². The van der Waals surface area contributed by atoms with Gasteiger partial charge in [-0.1, -0.05) is 36.4 Å². The Kier molecular flexibility index (Phi) is 7.34. The van der Waals surface area contributed by atoms with Gasteiger partial charge in [0.2, 0.25) is 5.91 Å². The molecular formula is C25H28FN3O4. The molecule has 0 saturated carbocycles. The second kappa shape index (κ2) is 10.6. The Balaban J connectivity index is 1.32. The third-order valence-electron chi connectivity index (χ3n) is 6.14. The second-order valence-corrected chi connectivity index (χ2v) is 8.41. The fourth-order valence-electron chi connectivity index (χ4n) is 4.41. The fraction of sp³-hybridized carbons (Fsp3) is 0.400. The van der Waals surface area contributed by atoms with Crippen molar-refractivity contribution >= 4 is 23.5 Å². The summed E-state index contributed by atoms with van der Waals surface area (Å²) in [5.74, 6) is -0.654. The minimum Gasteiger partial charge on any atom is -0.442 e. The number of ether oxygens (including phenoxy) is 1. The predicted molar refractivity (Wildman–Crippen MR) is 122 cm³/mol. The number of carbonyl (C=O) groups excluding carboxylic acids is 3. The molecule has 0 radical (unpaired) electrons. The number of benzene rings is 2. The van der Waals surface area contributed by atoms with E-state index in [-0.39, 0.29) is 49.4 Å². The number of nitrogens with one attached hydrogen (secondary N) is 2. The van der Waals surface area contributed by atoms with Crippen molar-refractivity contribution in [1.29, 1.82) is 0 Å². The maximum absolute atomic E-state index is 14.8. The van der Waals surface area contributed by atoms with Gasteiger partial charge in [0.1, 0.15) is 11.9 Å². The molecule has 2 aromatic rings. The Morgan fingerprint density at radius 1 is 1.06 bits per heavy atom. The molecule has 2 aliphatic heterocycles. The van der Waals surface area contributed by atoms with Crippen molar-refractivity contribution in [2.75, 3.05) is 31.1 Å². The lowest BCUT2D eigenvalue weighted by molar-refractivity contribution is -0.121. The van der Waals surface area contributed by atoms with E-state index in [0.717, 1.165) is 25.9 Å². The third-order valence-corrected chi connectivity index (χ3v) is 6.14. The Bertz CT molecular complexity index is 1010. The van der Waals surface area contributed by atoms with Crippen LogP contribution in [0.25, 0.3) is 0 Å². The van der Waals surface area contributed by atoms with E-state index in [1.54, 1.807) is 36.4 Å².